The number of anilines is 1. The van der Waals surface area contributed by atoms with Crippen LogP contribution in [0.5, 0.6) is 0 Å². The largest absolute Gasteiger partial charge is 0.397 e. The van der Waals surface area contributed by atoms with Gasteiger partial charge in [0.1, 0.15) is 9.71 Å². The number of nitrogens with two attached hydrogens (primary N) is 1. The van der Waals surface area contributed by atoms with E-state index in [1.54, 1.807) is 0 Å². The number of rotatable bonds is 5. The van der Waals surface area contributed by atoms with E-state index in [2.05, 4.69) is 10.3 Å². The molecular formula is C14H19N3O2S. The highest BCUT2D eigenvalue weighted by molar-refractivity contribution is 7.21. The molecule has 20 heavy (non-hydrogen) atoms. The zero-order valence-electron chi connectivity index (χ0n) is 11.9. The molecule has 0 aliphatic carbocycles. The SMILES string of the molecule is Cc1ccc2c(N)c(C(=O)NCCOC(C)C)sc2n1. The first-order chi connectivity index (χ1) is 9.49. The number of hydrogen-bond donors (Lipinski definition) is 2. The lowest BCUT2D eigenvalue weighted by Gasteiger charge is -2.08. The molecule has 2 aromatic rings. The number of nitrogen functional groups attached to an aromatic ring is 1. The number of nitrogens with one attached hydrogen (secondary N) is 1. The molecular weight excluding hydrogens is 274 g/mol. The number of nitrogens with zero attached hydrogens (tertiary/aromatic N) is 1. The smallest absolute Gasteiger partial charge is 0.263 e. The van der Waals surface area contributed by atoms with Gasteiger partial charge in [0.25, 0.3) is 5.91 Å². The molecule has 6 heteroatoms. The summed E-state index contributed by atoms with van der Waals surface area (Å²) in [5.74, 6) is -0.171. The fourth-order valence-corrected chi connectivity index (χ4v) is 2.85. The quantitative estimate of drug-likeness (QED) is 0.830. The first kappa shape index (κ1) is 14.7. The molecule has 0 bridgehead atoms. The maximum absolute atomic E-state index is 12.1. The first-order valence-electron chi connectivity index (χ1n) is 6.54. The van der Waals surface area contributed by atoms with E-state index in [1.165, 1.54) is 11.3 Å². The van der Waals surface area contributed by atoms with Gasteiger partial charge < -0.3 is 15.8 Å². The van der Waals surface area contributed by atoms with Crippen LogP contribution >= 0.6 is 11.3 Å². The van der Waals surface area contributed by atoms with Gasteiger partial charge in [-0.1, -0.05) is 0 Å². The van der Waals surface area contributed by atoms with Crippen LogP contribution in [0.15, 0.2) is 12.1 Å². The molecule has 0 spiro atoms. The third-order valence-corrected chi connectivity index (χ3v) is 3.89. The Bertz CT molecular complexity index is 622. The lowest BCUT2D eigenvalue weighted by Crippen LogP contribution is -2.27. The Morgan fingerprint density at radius 1 is 1.50 bits per heavy atom. The summed E-state index contributed by atoms with van der Waals surface area (Å²) in [5, 5.41) is 3.65. The van der Waals surface area contributed by atoms with E-state index >= 15 is 0 Å². The van der Waals surface area contributed by atoms with E-state index in [9.17, 15) is 4.79 Å². The number of hydrogen-bond acceptors (Lipinski definition) is 5. The number of fused-ring (bicyclic) bond motifs is 1. The number of pyridine rings is 1. The summed E-state index contributed by atoms with van der Waals surface area (Å²) in [5.41, 5.74) is 7.43. The molecule has 0 atom stereocenters. The Balaban J connectivity index is 2.08. The van der Waals surface area contributed by atoms with Crippen molar-refractivity contribution in [3.05, 3.63) is 22.7 Å². The van der Waals surface area contributed by atoms with Crippen molar-refractivity contribution in [1.29, 1.82) is 0 Å². The molecule has 0 radical (unpaired) electrons. The summed E-state index contributed by atoms with van der Waals surface area (Å²) in [7, 11) is 0. The van der Waals surface area contributed by atoms with Crippen LogP contribution in [-0.2, 0) is 4.74 Å². The molecule has 0 aliphatic rings. The van der Waals surface area contributed by atoms with E-state index in [0.29, 0.717) is 23.7 Å². The van der Waals surface area contributed by atoms with Crippen molar-refractivity contribution >= 4 is 33.1 Å². The van der Waals surface area contributed by atoms with Crippen LogP contribution in [0.25, 0.3) is 10.2 Å². The van der Waals surface area contributed by atoms with Crippen LogP contribution in [0.3, 0.4) is 0 Å². The second-order valence-corrected chi connectivity index (χ2v) is 5.82. The fraction of sp³-hybridized carbons (Fsp3) is 0.429. The van der Waals surface area contributed by atoms with Gasteiger partial charge in [-0.15, -0.1) is 11.3 Å². The average Bonchev–Trinajstić information content (AvgIpc) is 2.71. The molecule has 0 fully saturated rings. The van der Waals surface area contributed by atoms with Crippen molar-refractivity contribution in [2.24, 2.45) is 0 Å². The van der Waals surface area contributed by atoms with Gasteiger partial charge in [-0.25, -0.2) is 4.98 Å². The molecule has 3 N–H and O–H groups in total. The van der Waals surface area contributed by atoms with Crippen LogP contribution < -0.4 is 11.1 Å². The van der Waals surface area contributed by atoms with Gasteiger partial charge in [-0.3, -0.25) is 4.79 Å². The predicted octanol–water partition coefficient (Wildman–Crippen LogP) is 2.34. The Kier molecular flexibility index (Phi) is 4.57. The normalized spacial score (nSPS) is 11.2. The van der Waals surface area contributed by atoms with Crippen LogP contribution in [0, 0.1) is 6.92 Å². The molecule has 0 saturated carbocycles. The summed E-state index contributed by atoms with van der Waals surface area (Å²) in [4.78, 5) is 17.8. The van der Waals surface area contributed by atoms with E-state index in [0.717, 1.165) is 15.9 Å². The highest BCUT2D eigenvalue weighted by Gasteiger charge is 2.16. The van der Waals surface area contributed by atoms with Gasteiger partial charge >= 0.3 is 0 Å². The molecule has 0 aromatic carbocycles. The minimum absolute atomic E-state index is 0.161. The maximum Gasteiger partial charge on any atom is 0.263 e. The number of ether oxygens (including phenoxy) is 1. The highest BCUT2D eigenvalue weighted by Crippen LogP contribution is 2.32. The van der Waals surface area contributed by atoms with E-state index in [4.69, 9.17) is 10.5 Å². The monoisotopic (exact) mass is 293 g/mol. The maximum atomic E-state index is 12.1. The third-order valence-electron chi connectivity index (χ3n) is 2.78. The first-order valence-corrected chi connectivity index (χ1v) is 7.36. The molecule has 1 amide bonds. The van der Waals surface area contributed by atoms with E-state index in [1.807, 2.05) is 32.9 Å². The second kappa shape index (κ2) is 6.19. The molecule has 2 heterocycles. The Labute approximate surface area is 122 Å². The number of amides is 1. The predicted molar refractivity (Wildman–Crippen MR) is 82.2 cm³/mol. The second-order valence-electron chi connectivity index (χ2n) is 4.83. The number of carbonyl (C=O) groups is 1. The van der Waals surface area contributed by atoms with Gasteiger partial charge in [0.2, 0.25) is 0 Å². The van der Waals surface area contributed by atoms with Crippen molar-refractivity contribution in [2.75, 3.05) is 18.9 Å². The highest BCUT2D eigenvalue weighted by atomic mass is 32.1. The molecule has 108 valence electrons. The van der Waals surface area contributed by atoms with Crippen molar-refractivity contribution in [3.63, 3.8) is 0 Å². The van der Waals surface area contributed by atoms with Gasteiger partial charge in [0, 0.05) is 17.6 Å². The molecule has 5 nitrogen and oxygen atoms in total. The lowest BCUT2D eigenvalue weighted by molar-refractivity contribution is 0.0748. The number of aromatic nitrogens is 1. The molecule has 2 aromatic heterocycles. The summed E-state index contributed by atoms with van der Waals surface area (Å²) in [6.07, 6.45) is 0.161. The van der Waals surface area contributed by atoms with Crippen molar-refractivity contribution < 1.29 is 9.53 Å². The summed E-state index contributed by atoms with van der Waals surface area (Å²) in [6, 6.07) is 3.80. The number of carbonyl (C=O) groups excluding carboxylic acids is 1. The van der Waals surface area contributed by atoms with Crippen molar-refractivity contribution in [1.82, 2.24) is 10.3 Å². The van der Waals surface area contributed by atoms with E-state index < -0.39 is 0 Å². The molecule has 0 aliphatic heterocycles. The third kappa shape index (κ3) is 3.26. The van der Waals surface area contributed by atoms with Gasteiger partial charge in [0.05, 0.1) is 18.4 Å². The van der Waals surface area contributed by atoms with Crippen LogP contribution in [0.4, 0.5) is 5.69 Å². The summed E-state index contributed by atoms with van der Waals surface area (Å²) >= 11 is 1.32. The van der Waals surface area contributed by atoms with Gasteiger partial charge in [-0.05, 0) is 32.9 Å². The van der Waals surface area contributed by atoms with Gasteiger partial charge in [0.15, 0.2) is 0 Å². The summed E-state index contributed by atoms with van der Waals surface area (Å²) < 4.78 is 5.38. The Morgan fingerprint density at radius 2 is 2.25 bits per heavy atom. The van der Waals surface area contributed by atoms with Crippen LogP contribution in [-0.4, -0.2) is 30.1 Å². The topological polar surface area (TPSA) is 77.2 Å². The number of thiophene rings is 1. The minimum Gasteiger partial charge on any atom is -0.397 e. The van der Waals surface area contributed by atoms with E-state index in [-0.39, 0.29) is 12.0 Å². The molecule has 0 unspecified atom stereocenters. The zero-order chi connectivity index (χ0) is 14.7. The Hall–Kier alpha value is -1.66. The zero-order valence-corrected chi connectivity index (χ0v) is 12.7. The Morgan fingerprint density at radius 3 is 2.95 bits per heavy atom. The fourth-order valence-electron chi connectivity index (χ4n) is 1.80. The van der Waals surface area contributed by atoms with Crippen molar-refractivity contribution in [2.45, 2.75) is 26.9 Å². The van der Waals surface area contributed by atoms with Gasteiger partial charge in [-0.2, -0.15) is 0 Å². The lowest BCUT2D eigenvalue weighted by atomic mass is 10.2. The molecule has 2 rings (SSSR count). The van der Waals surface area contributed by atoms with Crippen molar-refractivity contribution in [3.8, 4) is 0 Å². The average molecular weight is 293 g/mol. The minimum atomic E-state index is -0.171. The standard InChI is InChI=1S/C14H19N3O2S/c1-8(2)19-7-6-16-13(18)12-11(15)10-5-4-9(3)17-14(10)20-12/h4-5,8H,6-7,15H2,1-3H3,(H,16,18). The number of aryl methyl sites for hydroxylation is 1. The van der Waals surface area contributed by atoms with Crippen LogP contribution in [0.1, 0.15) is 29.2 Å². The molecule has 0 saturated heterocycles. The summed E-state index contributed by atoms with van der Waals surface area (Å²) in [6.45, 7) is 6.79. The van der Waals surface area contributed by atoms with Crippen LogP contribution in [0.2, 0.25) is 0 Å².